The number of nitrogens with zero attached hydrogens (tertiary/aromatic N) is 2. The molecule has 0 aliphatic carbocycles. The number of thiazole rings is 1. The maximum Gasteiger partial charge on any atom is 0.309 e. The molecule has 2 rings (SSSR count). The maximum absolute atomic E-state index is 11.6. The molecule has 0 radical (unpaired) electrons. The maximum atomic E-state index is 11.6. The van der Waals surface area contributed by atoms with Crippen molar-refractivity contribution in [1.29, 1.82) is 0 Å². The Bertz CT molecular complexity index is 539. The zero-order chi connectivity index (χ0) is 13.7. The van der Waals surface area contributed by atoms with Gasteiger partial charge in [0.15, 0.2) is 0 Å². The fourth-order valence-corrected chi connectivity index (χ4v) is 2.21. The monoisotopic (exact) mass is 276 g/mol. The summed E-state index contributed by atoms with van der Waals surface area (Å²) in [4.78, 5) is 20.2. The number of aromatic nitrogens is 2. The molecule has 5 heteroatoms. The summed E-state index contributed by atoms with van der Waals surface area (Å²) in [5.41, 5.74) is 1.61. The first-order valence-corrected chi connectivity index (χ1v) is 7.11. The topological polar surface area (TPSA) is 52.1 Å². The summed E-state index contributed by atoms with van der Waals surface area (Å²) < 4.78 is 5.21. The SMILES string of the molecule is CCC(C)C(=O)OCc1csc(-c2ccccn2)n1. The van der Waals surface area contributed by atoms with Gasteiger partial charge in [0.1, 0.15) is 11.6 Å². The Labute approximate surface area is 116 Å². The van der Waals surface area contributed by atoms with E-state index in [1.165, 1.54) is 11.3 Å². The van der Waals surface area contributed by atoms with E-state index in [2.05, 4.69) is 9.97 Å². The molecule has 0 fully saturated rings. The largest absolute Gasteiger partial charge is 0.459 e. The Morgan fingerprint density at radius 1 is 1.47 bits per heavy atom. The molecule has 0 aliphatic heterocycles. The Hall–Kier alpha value is -1.75. The second kappa shape index (κ2) is 6.43. The molecule has 0 spiro atoms. The first-order chi connectivity index (χ1) is 9.20. The summed E-state index contributed by atoms with van der Waals surface area (Å²) in [6.45, 7) is 4.06. The average Bonchev–Trinajstić information content (AvgIpc) is 2.93. The number of esters is 1. The van der Waals surface area contributed by atoms with E-state index in [0.717, 1.165) is 22.8 Å². The number of rotatable bonds is 5. The minimum Gasteiger partial charge on any atom is -0.459 e. The van der Waals surface area contributed by atoms with Gasteiger partial charge >= 0.3 is 5.97 Å². The fraction of sp³-hybridized carbons (Fsp3) is 0.357. The van der Waals surface area contributed by atoms with Crippen molar-refractivity contribution < 1.29 is 9.53 Å². The lowest BCUT2D eigenvalue weighted by atomic mass is 10.1. The lowest BCUT2D eigenvalue weighted by Crippen LogP contribution is -2.13. The third kappa shape index (κ3) is 3.61. The third-order valence-corrected chi connectivity index (χ3v) is 3.73. The standard InChI is InChI=1S/C14H16N2O2S/c1-3-10(2)14(17)18-8-11-9-19-13(16-11)12-6-4-5-7-15-12/h4-7,9-10H,3,8H2,1-2H3. The van der Waals surface area contributed by atoms with Crippen LogP contribution in [-0.4, -0.2) is 15.9 Å². The van der Waals surface area contributed by atoms with Gasteiger partial charge in [-0.25, -0.2) is 4.98 Å². The highest BCUT2D eigenvalue weighted by Gasteiger charge is 2.13. The predicted octanol–water partition coefficient (Wildman–Crippen LogP) is 3.29. The molecule has 0 aliphatic rings. The van der Waals surface area contributed by atoms with Crippen LogP contribution in [0.2, 0.25) is 0 Å². The fourth-order valence-electron chi connectivity index (χ4n) is 1.43. The highest BCUT2D eigenvalue weighted by Crippen LogP contribution is 2.21. The second-order valence-corrected chi connectivity index (χ2v) is 5.13. The van der Waals surface area contributed by atoms with E-state index in [1.807, 2.05) is 37.4 Å². The Kier molecular flexibility index (Phi) is 4.63. The van der Waals surface area contributed by atoms with Crippen LogP contribution in [0.1, 0.15) is 26.0 Å². The second-order valence-electron chi connectivity index (χ2n) is 4.28. The highest BCUT2D eigenvalue weighted by molar-refractivity contribution is 7.13. The minimum atomic E-state index is -0.171. The van der Waals surface area contributed by atoms with Crippen LogP contribution in [0.5, 0.6) is 0 Å². The molecule has 2 heterocycles. The smallest absolute Gasteiger partial charge is 0.309 e. The van der Waals surface area contributed by atoms with Crippen LogP contribution in [0, 0.1) is 5.92 Å². The molecule has 0 saturated carbocycles. The van der Waals surface area contributed by atoms with Gasteiger partial charge in [0.05, 0.1) is 17.3 Å². The van der Waals surface area contributed by atoms with E-state index >= 15 is 0 Å². The van der Waals surface area contributed by atoms with Gasteiger partial charge in [-0.2, -0.15) is 0 Å². The van der Waals surface area contributed by atoms with Crippen molar-refractivity contribution in [2.24, 2.45) is 5.92 Å². The number of ether oxygens (including phenoxy) is 1. The summed E-state index contributed by atoms with van der Waals surface area (Å²) in [5, 5.41) is 2.74. The predicted molar refractivity (Wildman–Crippen MR) is 74.6 cm³/mol. The molecule has 2 aromatic rings. The van der Waals surface area contributed by atoms with E-state index in [0.29, 0.717) is 0 Å². The molecule has 1 atom stereocenters. The Balaban J connectivity index is 1.97. The van der Waals surface area contributed by atoms with Crippen molar-refractivity contribution in [3.05, 3.63) is 35.5 Å². The van der Waals surface area contributed by atoms with Gasteiger partial charge in [-0.1, -0.05) is 19.9 Å². The third-order valence-electron chi connectivity index (χ3n) is 2.81. The molecule has 4 nitrogen and oxygen atoms in total. The number of hydrogen-bond donors (Lipinski definition) is 0. The van der Waals surface area contributed by atoms with E-state index in [9.17, 15) is 4.79 Å². The normalized spacial score (nSPS) is 12.1. The van der Waals surface area contributed by atoms with E-state index in [4.69, 9.17) is 4.74 Å². The van der Waals surface area contributed by atoms with E-state index in [1.54, 1.807) is 6.20 Å². The minimum absolute atomic E-state index is 0.0612. The lowest BCUT2D eigenvalue weighted by molar-refractivity contribution is -0.149. The first-order valence-electron chi connectivity index (χ1n) is 6.23. The molecule has 0 saturated heterocycles. The van der Waals surface area contributed by atoms with Crippen LogP contribution < -0.4 is 0 Å². The van der Waals surface area contributed by atoms with Gasteiger partial charge in [0.25, 0.3) is 0 Å². The average molecular weight is 276 g/mol. The summed E-state index contributed by atoms with van der Waals surface area (Å²) in [6, 6.07) is 5.70. The summed E-state index contributed by atoms with van der Waals surface area (Å²) in [5.74, 6) is -0.233. The lowest BCUT2D eigenvalue weighted by Gasteiger charge is -2.07. The quantitative estimate of drug-likeness (QED) is 0.786. The van der Waals surface area contributed by atoms with Crippen molar-refractivity contribution >= 4 is 17.3 Å². The Morgan fingerprint density at radius 3 is 3.00 bits per heavy atom. The van der Waals surface area contributed by atoms with Crippen LogP contribution >= 0.6 is 11.3 Å². The molecular formula is C14H16N2O2S. The molecule has 0 aromatic carbocycles. The van der Waals surface area contributed by atoms with Gasteiger partial charge in [-0.3, -0.25) is 9.78 Å². The van der Waals surface area contributed by atoms with Crippen LogP contribution in [0.25, 0.3) is 10.7 Å². The highest BCUT2D eigenvalue weighted by atomic mass is 32.1. The number of hydrogen-bond acceptors (Lipinski definition) is 5. The van der Waals surface area contributed by atoms with Gasteiger partial charge in [0.2, 0.25) is 0 Å². The molecule has 0 bridgehead atoms. The van der Waals surface area contributed by atoms with Crippen molar-refractivity contribution in [2.45, 2.75) is 26.9 Å². The van der Waals surface area contributed by atoms with Crippen LogP contribution in [0.4, 0.5) is 0 Å². The number of pyridine rings is 1. The Morgan fingerprint density at radius 2 is 2.32 bits per heavy atom. The van der Waals surface area contributed by atoms with Gasteiger partial charge in [0, 0.05) is 11.6 Å². The van der Waals surface area contributed by atoms with Gasteiger partial charge in [-0.05, 0) is 18.6 Å². The van der Waals surface area contributed by atoms with Crippen molar-refractivity contribution in [3.63, 3.8) is 0 Å². The summed E-state index contributed by atoms with van der Waals surface area (Å²) >= 11 is 1.50. The summed E-state index contributed by atoms with van der Waals surface area (Å²) in [7, 11) is 0. The molecule has 100 valence electrons. The van der Waals surface area contributed by atoms with Gasteiger partial charge in [-0.15, -0.1) is 11.3 Å². The number of carbonyl (C=O) groups excluding carboxylic acids is 1. The van der Waals surface area contributed by atoms with Crippen LogP contribution in [-0.2, 0) is 16.1 Å². The molecule has 0 N–H and O–H groups in total. The molecule has 1 unspecified atom stereocenters. The summed E-state index contributed by atoms with van der Waals surface area (Å²) in [6.07, 6.45) is 2.52. The molecule has 19 heavy (non-hydrogen) atoms. The van der Waals surface area contributed by atoms with Crippen LogP contribution in [0.15, 0.2) is 29.8 Å². The first kappa shape index (κ1) is 13.7. The van der Waals surface area contributed by atoms with E-state index < -0.39 is 0 Å². The number of carbonyl (C=O) groups is 1. The van der Waals surface area contributed by atoms with E-state index in [-0.39, 0.29) is 18.5 Å². The van der Waals surface area contributed by atoms with Crippen molar-refractivity contribution in [2.75, 3.05) is 0 Å². The molecule has 0 amide bonds. The zero-order valence-corrected chi connectivity index (χ0v) is 11.8. The van der Waals surface area contributed by atoms with Gasteiger partial charge < -0.3 is 4.74 Å². The molecule has 2 aromatic heterocycles. The molecular weight excluding hydrogens is 260 g/mol. The zero-order valence-electron chi connectivity index (χ0n) is 11.0. The van der Waals surface area contributed by atoms with Crippen molar-refractivity contribution in [3.8, 4) is 10.7 Å². The van der Waals surface area contributed by atoms with Crippen LogP contribution in [0.3, 0.4) is 0 Å². The van der Waals surface area contributed by atoms with Crippen molar-refractivity contribution in [1.82, 2.24) is 9.97 Å².